The van der Waals surface area contributed by atoms with E-state index in [-0.39, 0.29) is 30.4 Å². The van der Waals surface area contributed by atoms with Gasteiger partial charge in [-0.1, -0.05) is 0 Å². The highest BCUT2D eigenvalue weighted by molar-refractivity contribution is 6.05. The lowest BCUT2D eigenvalue weighted by Crippen LogP contribution is -2.33. The number of nitrogens with one attached hydrogen (secondary N) is 2. The fourth-order valence-corrected chi connectivity index (χ4v) is 3.27. The Hall–Kier alpha value is -2.90. The van der Waals surface area contributed by atoms with E-state index >= 15 is 0 Å². The molecule has 0 bridgehead atoms. The van der Waals surface area contributed by atoms with Crippen LogP contribution in [0.4, 0.5) is 5.69 Å². The Bertz CT molecular complexity index is 1010. The zero-order valence-electron chi connectivity index (χ0n) is 16.1. The maximum Gasteiger partial charge on any atom is 0.338 e. The highest BCUT2D eigenvalue weighted by atomic mass is 35.5. The molecule has 4 rings (SSSR count). The van der Waals surface area contributed by atoms with E-state index < -0.39 is 0 Å². The number of hydrogen-bond donors (Lipinski definition) is 2. The molecule has 1 fully saturated rings. The second kappa shape index (κ2) is 9.07. The number of carbonyl (C=O) groups excluding carboxylic acids is 2. The third-order valence-electron chi connectivity index (χ3n) is 4.90. The normalized spacial score (nSPS) is 14.2. The summed E-state index contributed by atoms with van der Waals surface area (Å²) in [6.07, 6.45) is 5.22. The smallest absolute Gasteiger partial charge is 0.338 e. The molecule has 29 heavy (non-hydrogen) atoms. The number of nitrogens with zero attached hydrogens (tertiary/aromatic N) is 2. The number of anilines is 1. The van der Waals surface area contributed by atoms with Gasteiger partial charge in [0.05, 0.1) is 5.56 Å². The van der Waals surface area contributed by atoms with Crippen LogP contribution in [0.5, 0.6) is 0 Å². The molecule has 1 saturated heterocycles. The van der Waals surface area contributed by atoms with Crippen LogP contribution in [0.25, 0.3) is 5.65 Å². The number of benzene rings is 1. The van der Waals surface area contributed by atoms with Crippen LogP contribution in [0.1, 0.15) is 39.3 Å². The summed E-state index contributed by atoms with van der Waals surface area (Å²) in [6.45, 7) is 3.69. The lowest BCUT2D eigenvalue weighted by Gasteiger charge is -2.22. The third-order valence-corrected chi connectivity index (χ3v) is 4.90. The first-order chi connectivity index (χ1) is 13.6. The summed E-state index contributed by atoms with van der Waals surface area (Å²) in [6, 6.07) is 10.2. The minimum Gasteiger partial charge on any atom is -0.459 e. The van der Waals surface area contributed by atoms with E-state index in [0.29, 0.717) is 16.8 Å². The molecule has 8 heteroatoms. The summed E-state index contributed by atoms with van der Waals surface area (Å²) >= 11 is 0. The standard InChI is InChI=1S/C21H22N4O3.ClH/c1-14-13-23-19-12-16(8-11-25(14)19)20(26)24-17-4-2-15(3-5-17)21(27)28-18-6-9-22-10-7-18;/h2-5,8,11-13,18,22H,6-7,9-10H2,1H3,(H,24,26);1H. The van der Waals surface area contributed by atoms with E-state index in [1.807, 2.05) is 17.5 Å². The van der Waals surface area contributed by atoms with E-state index in [0.717, 1.165) is 37.3 Å². The Morgan fingerprint density at radius 1 is 1.14 bits per heavy atom. The minimum absolute atomic E-state index is 0. The molecule has 1 amide bonds. The molecule has 0 atom stereocenters. The Morgan fingerprint density at radius 2 is 1.86 bits per heavy atom. The molecule has 1 aromatic carbocycles. The van der Waals surface area contributed by atoms with Gasteiger partial charge in [0.15, 0.2) is 0 Å². The van der Waals surface area contributed by atoms with Crippen molar-refractivity contribution in [3.8, 4) is 0 Å². The molecular formula is C21H23ClN4O3. The molecule has 2 N–H and O–H groups in total. The average Bonchev–Trinajstić information content (AvgIpc) is 3.09. The first kappa shape index (κ1) is 20.8. The van der Waals surface area contributed by atoms with Gasteiger partial charge < -0.3 is 19.8 Å². The van der Waals surface area contributed by atoms with Crippen LogP contribution < -0.4 is 10.6 Å². The summed E-state index contributed by atoms with van der Waals surface area (Å²) in [5, 5.41) is 6.08. The summed E-state index contributed by atoms with van der Waals surface area (Å²) in [4.78, 5) is 29.0. The van der Waals surface area contributed by atoms with E-state index in [2.05, 4.69) is 15.6 Å². The molecule has 0 aliphatic carbocycles. The molecular weight excluding hydrogens is 392 g/mol. The van der Waals surface area contributed by atoms with Gasteiger partial charge in [-0.05, 0) is 69.3 Å². The topological polar surface area (TPSA) is 84.7 Å². The molecule has 2 aromatic heterocycles. The van der Waals surface area contributed by atoms with E-state index in [1.165, 1.54) is 0 Å². The number of esters is 1. The number of imidazole rings is 1. The van der Waals surface area contributed by atoms with Gasteiger partial charge in [-0.25, -0.2) is 9.78 Å². The van der Waals surface area contributed by atoms with E-state index in [1.54, 1.807) is 42.6 Å². The van der Waals surface area contributed by atoms with Gasteiger partial charge in [0.1, 0.15) is 11.8 Å². The fourth-order valence-electron chi connectivity index (χ4n) is 3.27. The maximum absolute atomic E-state index is 12.5. The number of amides is 1. The largest absolute Gasteiger partial charge is 0.459 e. The van der Waals surface area contributed by atoms with Gasteiger partial charge in [0.2, 0.25) is 0 Å². The summed E-state index contributed by atoms with van der Waals surface area (Å²) in [7, 11) is 0. The van der Waals surface area contributed by atoms with Crippen molar-refractivity contribution in [2.75, 3.05) is 18.4 Å². The van der Waals surface area contributed by atoms with Gasteiger partial charge in [0.25, 0.3) is 5.91 Å². The van der Waals surface area contributed by atoms with Crippen LogP contribution in [0.15, 0.2) is 48.8 Å². The monoisotopic (exact) mass is 414 g/mol. The van der Waals surface area contributed by atoms with Crippen LogP contribution in [0, 0.1) is 6.92 Å². The molecule has 152 valence electrons. The quantitative estimate of drug-likeness (QED) is 0.640. The van der Waals surface area contributed by atoms with Gasteiger partial charge in [-0.2, -0.15) is 0 Å². The van der Waals surface area contributed by atoms with Crippen molar-refractivity contribution in [1.82, 2.24) is 14.7 Å². The van der Waals surface area contributed by atoms with Crippen molar-refractivity contribution in [1.29, 1.82) is 0 Å². The number of rotatable bonds is 4. The van der Waals surface area contributed by atoms with Crippen molar-refractivity contribution in [2.24, 2.45) is 0 Å². The SMILES string of the molecule is Cc1cnc2cc(C(=O)Nc3ccc(C(=O)OC4CCNCC4)cc3)ccn12.Cl. The summed E-state index contributed by atoms with van der Waals surface area (Å²) in [5.41, 5.74) is 3.34. The van der Waals surface area contributed by atoms with Gasteiger partial charge in [-0.15, -0.1) is 12.4 Å². The molecule has 0 radical (unpaired) electrons. The molecule has 1 aliphatic rings. The Labute approximate surface area is 174 Å². The van der Waals surface area contributed by atoms with Crippen LogP contribution in [-0.4, -0.2) is 40.5 Å². The summed E-state index contributed by atoms with van der Waals surface area (Å²) in [5.74, 6) is -0.557. The van der Waals surface area contributed by atoms with Gasteiger partial charge in [0, 0.05) is 29.3 Å². The zero-order valence-corrected chi connectivity index (χ0v) is 16.9. The van der Waals surface area contributed by atoms with Crippen LogP contribution >= 0.6 is 12.4 Å². The molecule has 7 nitrogen and oxygen atoms in total. The Kier molecular flexibility index (Phi) is 6.51. The van der Waals surface area contributed by atoms with Crippen molar-refractivity contribution in [3.05, 3.63) is 65.6 Å². The molecule has 3 aromatic rings. The number of fused-ring (bicyclic) bond motifs is 1. The predicted molar refractivity (Wildman–Crippen MR) is 113 cm³/mol. The van der Waals surface area contributed by atoms with E-state index in [4.69, 9.17) is 4.74 Å². The lowest BCUT2D eigenvalue weighted by molar-refractivity contribution is 0.0229. The highest BCUT2D eigenvalue weighted by Crippen LogP contribution is 2.16. The van der Waals surface area contributed by atoms with Crippen molar-refractivity contribution in [2.45, 2.75) is 25.9 Å². The number of halogens is 1. The molecule has 1 aliphatic heterocycles. The van der Waals surface area contributed by atoms with Gasteiger partial charge in [-0.3, -0.25) is 4.79 Å². The third kappa shape index (κ3) is 4.75. The minimum atomic E-state index is -0.329. The van der Waals surface area contributed by atoms with Gasteiger partial charge >= 0.3 is 5.97 Å². The number of aromatic nitrogens is 2. The average molecular weight is 415 g/mol. The first-order valence-corrected chi connectivity index (χ1v) is 9.37. The number of carbonyl (C=O) groups is 2. The summed E-state index contributed by atoms with van der Waals surface area (Å²) < 4.78 is 7.45. The molecule has 0 spiro atoms. The zero-order chi connectivity index (χ0) is 19.5. The highest BCUT2D eigenvalue weighted by Gasteiger charge is 2.18. The molecule has 0 saturated carbocycles. The van der Waals surface area contributed by atoms with Crippen molar-refractivity contribution < 1.29 is 14.3 Å². The molecule has 0 unspecified atom stereocenters. The van der Waals surface area contributed by atoms with Crippen LogP contribution in [0.3, 0.4) is 0 Å². The number of pyridine rings is 1. The number of hydrogen-bond acceptors (Lipinski definition) is 5. The maximum atomic E-state index is 12.5. The Morgan fingerprint density at radius 3 is 2.59 bits per heavy atom. The van der Waals surface area contributed by atoms with Crippen LogP contribution in [0.2, 0.25) is 0 Å². The second-order valence-electron chi connectivity index (χ2n) is 6.93. The Balaban J connectivity index is 0.00000240. The van der Waals surface area contributed by atoms with Crippen molar-refractivity contribution in [3.63, 3.8) is 0 Å². The lowest BCUT2D eigenvalue weighted by atomic mass is 10.1. The van der Waals surface area contributed by atoms with Crippen molar-refractivity contribution >= 4 is 35.6 Å². The fraction of sp³-hybridized carbons (Fsp3) is 0.286. The molecule has 3 heterocycles. The first-order valence-electron chi connectivity index (χ1n) is 9.37. The van der Waals surface area contributed by atoms with Crippen LogP contribution in [-0.2, 0) is 4.74 Å². The predicted octanol–water partition coefficient (Wildman–Crippen LogP) is 3.23. The number of ether oxygens (including phenoxy) is 1. The second-order valence-corrected chi connectivity index (χ2v) is 6.93. The number of aryl methyl sites for hydroxylation is 1. The number of piperidine rings is 1. The van der Waals surface area contributed by atoms with E-state index in [9.17, 15) is 9.59 Å².